The first-order valence-electron chi connectivity index (χ1n) is 20.0. The molecule has 2 aliphatic carbocycles. The number of nitriles is 2. The van der Waals surface area contributed by atoms with Gasteiger partial charge < -0.3 is 9.47 Å². The van der Waals surface area contributed by atoms with Crippen molar-refractivity contribution in [1.82, 2.24) is 9.80 Å². The summed E-state index contributed by atoms with van der Waals surface area (Å²) in [7, 11) is 0. The number of imide groups is 6. The van der Waals surface area contributed by atoms with Gasteiger partial charge in [-0.3, -0.25) is 19.2 Å². The lowest BCUT2D eigenvalue weighted by Crippen LogP contribution is -2.46. The first-order chi connectivity index (χ1) is 30.4. The average molecular weight is 891 g/mol. The second-order valence-electron chi connectivity index (χ2n) is 15.5. The maximum absolute atomic E-state index is 13.9. The van der Waals surface area contributed by atoms with Gasteiger partial charge >= 0.3 is 12.2 Å². The van der Waals surface area contributed by atoms with E-state index in [4.69, 9.17) is 9.47 Å². The number of hydrogen-bond acceptors (Lipinski definition) is 13. The summed E-state index contributed by atoms with van der Waals surface area (Å²) >= 11 is 4.63. The van der Waals surface area contributed by atoms with Crippen LogP contribution in [0.4, 0.5) is 9.59 Å². The first kappa shape index (κ1) is 41.3. The number of hydrogen-bond donors (Lipinski definition) is 0. The Balaban J connectivity index is 1.05. The number of carbonyl (C=O) groups is 6. The van der Waals surface area contributed by atoms with Crippen LogP contribution in [-0.4, -0.2) is 45.6 Å². The zero-order valence-corrected chi connectivity index (χ0v) is 36.3. The zero-order chi connectivity index (χ0) is 44.2. The molecule has 0 N–H and O–H groups in total. The van der Waals surface area contributed by atoms with Crippen LogP contribution in [0.2, 0.25) is 0 Å². The predicted molar refractivity (Wildman–Crippen MR) is 236 cm³/mol. The fourth-order valence-electron chi connectivity index (χ4n) is 8.73. The molecule has 1 fully saturated rings. The van der Waals surface area contributed by atoms with E-state index < -0.39 is 35.8 Å². The van der Waals surface area contributed by atoms with E-state index in [2.05, 4.69) is 6.07 Å². The minimum atomic E-state index is -1.16. The molecule has 3 aromatic heterocycles. The van der Waals surface area contributed by atoms with Crippen LogP contribution in [0.15, 0.2) is 106 Å². The van der Waals surface area contributed by atoms with Gasteiger partial charge in [0.15, 0.2) is 0 Å². The van der Waals surface area contributed by atoms with Crippen molar-refractivity contribution in [3.8, 4) is 21.9 Å². The number of thiophene rings is 3. The van der Waals surface area contributed by atoms with Crippen molar-refractivity contribution in [2.24, 2.45) is 0 Å². The second-order valence-corrected chi connectivity index (χ2v) is 18.7. The highest BCUT2D eigenvalue weighted by atomic mass is 32.1. The molecular weight excluding hydrogens is 857 g/mol. The molecule has 9 rings (SSSR count). The Morgan fingerprint density at radius 3 is 1.65 bits per heavy atom. The molecule has 12 nitrogen and oxygen atoms in total. The highest BCUT2D eigenvalue weighted by molar-refractivity contribution is 7.32. The van der Waals surface area contributed by atoms with Gasteiger partial charge in [-0.25, -0.2) is 9.59 Å². The minimum Gasteiger partial charge on any atom is -0.444 e. The lowest BCUT2D eigenvalue weighted by Gasteiger charge is -2.35. The van der Waals surface area contributed by atoms with Crippen LogP contribution in [0.3, 0.4) is 0 Å². The number of rotatable bonds is 6. The molecule has 0 radical (unpaired) electrons. The Morgan fingerprint density at radius 2 is 1.16 bits per heavy atom. The summed E-state index contributed by atoms with van der Waals surface area (Å²) in [5.74, 6) is -3.80. The molecule has 0 saturated heterocycles. The van der Waals surface area contributed by atoms with Crippen LogP contribution < -0.4 is 0 Å². The van der Waals surface area contributed by atoms with Gasteiger partial charge in [0, 0.05) is 41.5 Å². The quantitative estimate of drug-likeness (QED) is 0.118. The molecule has 0 atom stereocenters. The highest BCUT2D eigenvalue weighted by Crippen LogP contribution is 2.64. The van der Waals surface area contributed by atoms with E-state index in [0.717, 1.165) is 61.7 Å². The second kappa shape index (κ2) is 16.3. The maximum Gasteiger partial charge on any atom is 0.424 e. The van der Waals surface area contributed by atoms with Crippen molar-refractivity contribution < 1.29 is 38.2 Å². The maximum atomic E-state index is 13.9. The molecule has 2 aliphatic heterocycles. The molecule has 15 heteroatoms. The van der Waals surface area contributed by atoms with E-state index in [1.54, 1.807) is 72.0 Å². The topological polar surface area (TPSA) is 175 Å². The third-order valence-corrected chi connectivity index (χ3v) is 15.5. The molecule has 63 heavy (non-hydrogen) atoms. The molecule has 2 aromatic carbocycles. The van der Waals surface area contributed by atoms with Crippen molar-refractivity contribution in [2.75, 3.05) is 0 Å². The van der Waals surface area contributed by atoms with Crippen LogP contribution in [0.1, 0.15) is 78.0 Å². The van der Waals surface area contributed by atoms with E-state index in [1.807, 2.05) is 30.3 Å². The first-order valence-corrected chi connectivity index (χ1v) is 22.5. The normalized spacial score (nSPS) is 18.3. The predicted octanol–water partition coefficient (Wildman–Crippen LogP) is 10.1. The standard InChI is InChI=1S/C48H34N4O8S3/c1-26-32(42(53)51(44(55)34(26)22-49)46(57)59-24-28-12-6-3-7-13-28)18-30-20-36-39(61-30)41-38(48(36)16-10-5-11-17-48)40-37(63-41)21-31(62-40)19-33-27(2)35(23-50)45(56)52(43(33)54)47(58)60-25-29-14-8-4-9-15-29/h3-4,6-9,12-15,18-21H,5,10-11,16-17,24-25H2,1-2H3/b32-18+,33-19+. The number of fused-ring (bicyclic) bond motifs is 7. The van der Waals surface area contributed by atoms with E-state index in [-0.39, 0.29) is 52.1 Å². The summed E-state index contributed by atoms with van der Waals surface area (Å²) < 4.78 is 12.8. The lowest BCUT2D eigenvalue weighted by molar-refractivity contribution is -0.140. The summed E-state index contributed by atoms with van der Waals surface area (Å²) in [6.45, 7) is 2.72. The van der Waals surface area contributed by atoms with E-state index in [0.29, 0.717) is 25.8 Å². The Hall–Kier alpha value is -7.04. The summed E-state index contributed by atoms with van der Waals surface area (Å²) in [4.78, 5) is 85.2. The molecule has 0 bridgehead atoms. The minimum absolute atomic E-state index is 0.0448. The molecule has 5 heterocycles. The molecule has 0 unspecified atom stereocenters. The number of ether oxygens (including phenoxy) is 2. The number of carbonyl (C=O) groups excluding carboxylic acids is 6. The molecule has 312 valence electrons. The van der Waals surface area contributed by atoms with Gasteiger partial charge in [0.1, 0.15) is 36.5 Å². The largest absolute Gasteiger partial charge is 0.444 e. The van der Waals surface area contributed by atoms with Gasteiger partial charge in [-0.05, 0) is 78.8 Å². The lowest BCUT2D eigenvalue weighted by atomic mass is 9.68. The molecule has 5 aromatic rings. The molecule has 4 aliphatic rings. The third-order valence-electron chi connectivity index (χ3n) is 11.9. The Morgan fingerprint density at radius 1 is 0.667 bits per heavy atom. The molecular formula is C48H34N4O8S3. The van der Waals surface area contributed by atoms with Gasteiger partial charge in [0.2, 0.25) is 0 Å². The van der Waals surface area contributed by atoms with Crippen molar-refractivity contribution in [3.63, 3.8) is 0 Å². The van der Waals surface area contributed by atoms with Gasteiger partial charge in [-0.1, -0.05) is 79.9 Å². The Kier molecular flexibility index (Phi) is 10.7. The van der Waals surface area contributed by atoms with Gasteiger partial charge in [0.05, 0.1) is 9.58 Å². The van der Waals surface area contributed by atoms with Gasteiger partial charge in [-0.2, -0.15) is 20.3 Å². The van der Waals surface area contributed by atoms with Crippen LogP contribution in [0, 0.1) is 22.7 Å². The van der Waals surface area contributed by atoms with Gasteiger partial charge in [-0.15, -0.1) is 34.0 Å². The fraction of sp³-hybridized carbons (Fsp3) is 0.208. The summed E-state index contributed by atoms with van der Waals surface area (Å²) in [6, 6.07) is 25.5. The Bertz CT molecular complexity index is 3050. The number of benzene rings is 2. The third kappa shape index (κ3) is 6.95. The molecule has 6 amide bonds. The van der Waals surface area contributed by atoms with Gasteiger partial charge in [0.25, 0.3) is 23.6 Å². The van der Waals surface area contributed by atoms with E-state index >= 15 is 0 Å². The molecule has 1 saturated carbocycles. The van der Waals surface area contributed by atoms with Crippen molar-refractivity contribution in [2.45, 2.75) is 64.6 Å². The van der Waals surface area contributed by atoms with Crippen LogP contribution >= 0.6 is 34.0 Å². The average Bonchev–Trinajstić information content (AvgIpc) is 4.03. The fourth-order valence-corrected chi connectivity index (χ4v) is 12.9. The van der Waals surface area contributed by atoms with E-state index in [1.165, 1.54) is 42.1 Å². The summed E-state index contributed by atoms with van der Waals surface area (Å²) in [5, 5.41) is 19.9. The van der Waals surface area contributed by atoms with Crippen molar-refractivity contribution in [3.05, 3.63) is 138 Å². The SMILES string of the molecule is CC1=C(C#N)C(=O)N(C(=O)OCc2ccccc2)C(=O)/C1=C/c1cc2c(s1)-c1sc3cc(/C=C4/C(=O)N(C(=O)OCc5ccccc5)C(=O)C(C#N)=C4C)sc3c1C21CCCCC1. The zero-order valence-electron chi connectivity index (χ0n) is 33.8. The Labute approximate surface area is 372 Å². The van der Waals surface area contributed by atoms with Crippen molar-refractivity contribution >= 4 is 91.4 Å². The van der Waals surface area contributed by atoms with Crippen LogP contribution in [-0.2, 0) is 47.3 Å². The molecule has 1 spiro atoms. The van der Waals surface area contributed by atoms with Crippen molar-refractivity contribution in [1.29, 1.82) is 10.5 Å². The number of amides is 6. The smallest absolute Gasteiger partial charge is 0.424 e. The van der Waals surface area contributed by atoms with E-state index in [9.17, 15) is 39.3 Å². The monoisotopic (exact) mass is 890 g/mol. The van der Waals surface area contributed by atoms with Crippen LogP contribution in [0.5, 0.6) is 0 Å². The summed E-state index contributed by atoms with van der Waals surface area (Å²) in [6.07, 6.45) is 5.81. The highest BCUT2D eigenvalue weighted by Gasteiger charge is 2.49. The summed E-state index contributed by atoms with van der Waals surface area (Å²) in [5.41, 5.74) is 3.17. The van der Waals surface area contributed by atoms with Crippen LogP contribution in [0.25, 0.3) is 31.3 Å². The number of nitrogens with zero attached hydrogens (tertiary/aromatic N) is 4.